The van der Waals surface area contributed by atoms with Gasteiger partial charge in [0.2, 0.25) is 0 Å². The summed E-state index contributed by atoms with van der Waals surface area (Å²) in [6.45, 7) is 7.84. The first-order valence-electron chi connectivity index (χ1n) is 10.2. The molecular weight excluding hydrogens is 427 g/mol. The van der Waals surface area contributed by atoms with Crippen molar-refractivity contribution < 1.29 is 14.7 Å². The molecule has 9 heteroatoms. The first-order chi connectivity index (χ1) is 14.2. The van der Waals surface area contributed by atoms with Crippen LogP contribution in [0.5, 0.6) is 0 Å². The summed E-state index contributed by atoms with van der Waals surface area (Å²) in [5.74, 6) is -1.12. The fourth-order valence-corrected chi connectivity index (χ4v) is 4.79. The number of halogens is 2. The number of carboxylic acids is 1. The van der Waals surface area contributed by atoms with E-state index in [0.29, 0.717) is 28.7 Å². The van der Waals surface area contributed by atoms with Crippen molar-refractivity contribution in [2.24, 2.45) is 5.41 Å². The largest absolute Gasteiger partial charge is 0.476 e. The number of hydrogen-bond donors (Lipinski definition) is 1. The SMILES string of the molecule is C/C(Cl)=C\C(Cl)=C/CCN1CCC2(CCN(C(=O)n3cc(C)c(C(=O)O)n3)CC2)C1. The van der Waals surface area contributed by atoms with E-state index in [1.165, 1.54) is 6.20 Å². The number of piperidine rings is 1. The Hall–Kier alpha value is -1.83. The molecule has 3 rings (SSSR count). The summed E-state index contributed by atoms with van der Waals surface area (Å²) in [6.07, 6.45) is 9.16. The van der Waals surface area contributed by atoms with Gasteiger partial charge in [-0.25, -0.2) is 9.59 Å². The number of amides is 1. The highest BCUT2D eigenvalue weighted by Gasteiger charge is 2.41. The number of hydrogen-bond acceptors (Lipinski definition) is 4. The smallest absolute Gasteiger partial charge is 0.356 e. The summed E-state index contributed by atoms with van der Waals surface area (Å²) in [6, 6.07) is -0.252. The van der Waals surface area contributed by atoms with Crippen LogP contribution < -0.4 is 0 Å². The summed E-state index contributed by atoms with van der Waals surface area (Å²) >= 11 is 12.0. The van der Waals surface area contributed by atoms with Crippen LogP contribution in [0.3, 0.4) is 0 Å². The maximum Gasteiger partial charge on any atom is 0.356 e. The second-order valence-electron chi connectivity index (χ2n) is 8.31. The minimum absolute atomic E-state index is 0.0749. The summed E-state index contributed by atoms with van der Waals surface area (Å²) in [5.41, 5.74) is 0.666. The van der Waals surface area contributed by atoms with Crippen molar-refractivity contribution >= 4 is 35.2 Å². The maximum absolute atomic E-state index is 12.7. The minimum atomic E-state index is -1.12. The minimum Gasteiger partial charge on any atom is -0.476 e. The number of rotatable bonds is 5. The predicted octanol–water partition coefficient (Wildman–Crippen LogP) is 4.30. The van der Waals surface area contributed by atoms with Gasteiger partial charge in [-0.3, -0.25) is 0 Å². The monoisotopic (exact) mass is 454 g/mol. The van der Waals surface area contributed by atoms with Gasteiger partial charge in [-0.05, 0) is 57.6 Å². The number of nitrogens with zero attached hydrogens (tertiary/aromatic N) is 4. The fraction of sp³-hybridized carbons (Fsp3) is 0.571. The number of likely N-dealkylation sites (tertiary alicyclic amines) is 2. The van der Waals surface area contributed by atoms with Crippen molar-refractivity contribution in [1.82, 2.24) is 19.6 Å². The topological polar surface area (TPSA) is 78.7 Å². The van der Waals surface area contributed by atoms with E-state index in [4.69, 9.17) is 28.3 Å². The Kier molecular flexibility index (Phi) is 7.26. The van der Waals surface area contributed by atoms with Crippen LogP contribution in [0, 0.1) is 12.3 Å². The molecule has 0 bridgehead atoms. The van der Waals surface area contributed by atoms with Crippen LogP contribution in [0.4, 0.5) is 4.79 Å². The number of aryl methyl sites for hydroxylation is 1. The van der Waals surface area contributed by atoms with Crippen LogP contribution in [0.2, 0.25) is 0 Å². The molecule has 0 aromatic carbocycles. The van der Waals surface area contributed by atoms with Crippen molar-refractivity contribution in [3.63, 3.8) is 0 Å². The molecule has 0 aliphatic carbocycles. The molecule has 2 saturated heterocycles. The summed E-state index contributed by atoms with van der Waals surface area (Å²) < 4.78 is 1.16. The van der Waals surface area contributed by atoms with Crippen LogP contribution in [0.25, 0.3) is 0 Å². The molecule has 2 fully saturated rings. The molecule has 1 amide bonds. The van der Waals surface area contributed by atoms with Gasteiger partial charge in [0.25, 0.3) is 0 Å². The Bertz CT molecular complexity index is 866. The Morgan fingerprint density at radius 3 is 2.50 bits per heavy atom. The molecule has 0 radical (unpaired) electrons. The third-order valence-electron chi connectivity index (χ3n) is 6.03. The van der Waals surface area contributed by atoms with Gasteiger partial charge in [-0.1, -0.05) is 29.3 Å². The lowest BCUT2D eigenvalue weighted by atomic mass is 9.78. The molecule has 1 N–H and O–H groups in total. The standard InChI is InChI=1S/C21H28Cl2N4O3/c1-15-13-27(24-18(15)19(28)29)20(30)26-10-6-21(7-11-26)5-9-25(14-21)8-3-4-17(23)12-16(2)22/h4,12-13H,3,5-11,14H2,1-2H3,(H,28,29)/b16-12+,17-4+. The normalized spacial score (nSPS) is 20.2. The summed E-state index contributed by atoms with van der Waals surface area (Å²) in [7, 11) is 0. The molecule has 164 valence electrons. The number of carbonyl (C=O) groups is 2. The van der Waals surface area contributed by atoms with Gasteiger partial charge in [0, 0.05) is 48.0 Å². The van der Waals surface area contributed by atoms with E-state index in [1.807, 2.05) is 6.08 Å². The Morgan fingerprint density at radius 1 is 1.23 bits per heavy atom. The molecule has 30 heavy (non-hydrogen) atoms. The summed E-state index contributed by atoms with van der Waals surface area (Å²) in [4.78, 5) is 28.1. The molecule has 0 unspecified atom stereocenters. The molecule has 1 aromatic heterocycles. The van der Waals surface area contributed by atoms with Gasteiger partial charge in [-0.2, -0.15) is 9.78 Å². The van der Waals surface area contributed by atoms with Crippen molar-refractivity contribution in [2.45, 2.75) is 39.5 Å². The average molecular weight is 455 g/mol. The molecule has 2 aliphatic heterocycles. The molecule has 3 heterocycles. The van der Waals surface area contributed by atoms with Crippen molar-refractivity contribution in [1.29, 1.82) is 0 Å². The fourth-order valence-electron chi connectivity index (χ4n) is 4.35. The van der Waals surface area contributed by atoms with E-state index in [2.05, 4.69) is 10.00 Å². The second-order valence-corrected chi connectivity index (χ2v) is 9.35. The Labute approximate surface area is 186 Å². The lowest BCUT2D eigenvalue weighted by molar-refractivity contribution is 0.0689. The van der Waals surface area contributed by atoms with Crippen molar-refractivity contribution in [3.8, 4) is 0 Å². The number of carbonyl (C=O) groups excluding carboxylic acids is 1. The molecule has 1 spiro atoms. The van der Waals surface area contributed by atoms with Crippen molar-refractivity contribution in [3.05, 3.63) is 39.7 Å². The van der Waals surface area contributed by atoms with Gasteiger partial charge in [0.1, 0.15) is 0 Å². The molecule has 0 saturated carbocycles. The zero-order valence-corrected chi connectivity index (χ0v) is 18.9. The van der Waals surface area contributed by atoms with E-state index >= 15 is 0 Å². The quantitative estimate of drug-likeness (QED) is 0.670. The zero-order valence-electron chi connectivity index (χ0n) is 17.4. The van der Waals surface area contributed by atoms with E-state index in [9.17, 15) is 9.59 Å². The van der Waals surface area contributed by atoms with E-state index in [0.717, 1.165) is 50.0 Å². The Balaban J connectivity index is 1.50. The zero-order chi connectivity index (χ0) is 21.9. The number of aromatic nitrogens is 2. The molecule has 7 nitrogen and oxygen atoms in total. The van der Waals surface area contributed by atoms with Crippen LogP contribution >= 0.6 is 23.2 Å². The molecular formula is C21H28Cl2N4O3. The van der Waals surface area contributed by atoms with Crippen molar-refractivity contribution in [2.75, 3.05) is 32.7 Å². The summed E-state index contributed by atoms with van der Waals surface area (Å²) in [5, 5.41) is 14.4. The molecule has 1 aromatic rings. The van der Waals surface area contributed by atoms with Crippen LogP contribution in [-0.2, 0) is 0 Å². The maximum atomic E-state index is 12.7. The van der Waals surface area contributed by atoms with Crippen LogP contribution in [0.1, 0.15) is 48.7 Å². The van der Waals surface area contributed by atoms with Gasteiger partial charge in [0.15, 0.2) is 5.69 Å². The first-order valence-corrected chi connectivity index (χ1v) is 11.0. The highest BCUT2D eigenvalue weighted by atomic mass is 35.5. The van der Waals surface area contributed by atoms with Gasteiger partial charge >= 0.3 is 12.0 Å². The molecule has 2 aliphatic rings. The highest BCUT2D eigenvalue weighted by Crippen LogP contribution is 2.40. The van der Waals surface area contributed by atoms with Gasteiger partial charge in [0.05, 0.1) is 0 Å². The third kappa shape index (κ3) is 5.45. The first kappa shape index (κ1) is 22.8. The number of allylic oxidation sites excluding steroid dienone is 3. The van der Waals surface area contributed by atoms with Gasteiger partial charge < -0.3 is 14.9 Å². The average Bonchev–Trinajstić information content (AvgIpc) is 3.25. The number of aromatic carboxylic acids is 1. The van der Waals surface area contributed by atoms with Gasteiger partial charge in [-0.15, -0.1) is 0 Å². The van der Waals surface area contributed by atoms with Crippen LogP contribution in [-0.4, -0.2) is 69.4 Å². The lowest BCUT2D eigenvalue weighted by Gasteiger charge is -2.39. The lowest BCUT2D eigenvalue weighted by Crippen LogP contribution is -2.46. The van der Waals surface area contributed by atoms with Crippen LogP contribution in [0.15, 0.2) is 28.4 Å². The molecule has 0 atom stereocenters. The number of carboxylic acid groups (broad SMARTS) is 1. The Morgan fingerprint density at radius 2 is 1.90 bits per heavy atom. The third-order valence-corrected chi connectivity index (χ3v) is 6.40. The van der Waals surface area contributed by atoms with E-state index in [-0.39, 0.29) is 17.1 Å². The van der Waals surface area contributed by atoms with E-state index in [1.54, 1.807) is 24.8 Å². The second kappa shape index (κ2) is 9.54. The predicted molar refractivity (Wildman–Crippen MR) is 117 cm³/mol. The highest BCUT2D eigenvalue weighted by molar-refractivity contribution is 6.34. The van der Waals surface area contributed by atoms with E-state index < -0.39 is 5.97 Å².